The third-order valence-corrected chi connectivity index (χ3v) is 3.73. The van der Waals surface area contributed by atoms with Crippen molar-refractivity contribution in [3.63, 3.8) is 0 Å². The topological polar surface area (TPSA) is 66.9 Å². The summed E-state index contributed by atoms with van der Waals surface area (Å²) in [5.74, 6) is -0.917. The molecule has 9 heteroatoms. The molecule has 21 heavy (non-hydrogen) atoms. The number of thioether (sulfide) groups is 1. The van der Waals surface area contributed by atoms with Crippen molar-refractivity contribution >= 4 is 40.1 Å². The van der Waals surface area contributed by atoms with Gasteiger partial charge >= 0.3 is 6.03 Å². The minimum Gasteiger partial charge on any atom is -0.305 e. The number of nitrogens with one attached hydrogen (secondary N) is 2. The molecule has 0 bridgehead atoms. The number of halogens is 2. The molecule has 0 radical (unpaired) electrons. The summed E-state index contributed by atoms with van der Waals surface area (Å²) in [6.07, 6.45) is 1.71. The predicted molar refractivity (Wildman–Crippen MR) is 79.8 cm³/mol. The quantitative estimate of drug-likeness (QED) is 0.648. The van der Waals surface area contributed by atoms with Gasteiger partial charge in [0.15, 0.2) is 0 Å². The lowest BCUT2D eigenvalue weighted by Gasteiger charge is -2.05. The molecule has 110 valence electrons. The fourth-order valence-electron chi connectivity index (χ4n) is 1.29. The van der Waals surface area contributed by atoms with Crippen molar-refractivity contribution in [1.82, 2.24) is 9.36 Å². The van der Waals surface area contributed by atoms with E-state index in [9.17, 15) is 13.6 Å². The Morgan fingerprint density at radius 2 is 2.24 bits per heavy atom. The van der Waals surface area contributed by atoms with E-state index in [1.807, 2.05) is 0 Å². The van der Waals surface area contributed by atoms with Gasteiger partial charge in [-0.1, -0.05) is 17.8 Å². The van der Waals surface area contributed by atoms with Crippen LogP contribution in [0.5, 0.6) is 0 Å². The van der Waals surface area contributed by atoms with Crippen LogP contribution >= 0.6 is 23.3 Å². The lowest BCUT2D eigenvalue weighted by Crippen LogP contribution is -2.20. The monoisotopic (exact) mass is 328 g/mol. The second-order valence-corrected chi connectivity index (χ2v) is 5.42. The van der Waals surface area contributed by atoms with Gasteiger partial charge in [-0.15, -0.1) is 6.58 Å². The van der Waals surface area contributed by atoms with Gasteiger partial charge in [0, 0.05) is 23.4 Å². The molecule has 0 aliphatic heterocycles. The number of benzene rings is 1. The van der Waals surface area contributed by atoms with E-state index >= 15 is 0 Å². The highest BCUT2D eigenvalue weighted by molar-refractivity contribution is 7.99. The molecule has 0 aliphatic carbocycles. The van der Waals surface area contributed by atoms with E-state index in [0.29, 0.717) is 17.0 Å². The average Bonchev–Trinajstić information content (AvgIpc) is 2.87. The Morgan fingerprint density at radius 1 is 1.43 bits per heavy atom. The molecular weight excluding hydrogens is 318 g/mol. The SMILES string of the molecule is C=CCSc1nsc(NC(=O)Nc2ccc(F)cc2F)n1. The van der Waals surface area contributed by atoms with Crippen molar-refractivity contribution in [2.45, 2.75) is 5.16 Å². The Bertz CT molecular complexity index is 662. The molecule has 2 amide bonds. The highest BCUT2D eigenvalue weighted by atomic mass is 32.2. The average molecular weight is 328 g/mol. The molecule has 0 aliphatic rings. The van der Waals surface area contributed by atoms with Crippen molar-refractivity contribution in [2.24, 2.45) is 0 Å². The van der Waals surface area contributed by atoms with Gasteiger partial charge in [-0.05, 0) is 12.1 Å². The van der Waals surface area contributed by atoms with Gasteiger partial charge in [-0.25, -0.2) is 13.6 Å². The Balaban J connectivity index is 1.95. The fraction of sp³-hybridized carbons (Fsp3) is 0.0833. The van der Waals surface area contributed by atoms with E-state index in [4.69, 9.17) is 0 Å². The summed E-state index contributed by atoms with van der Waals surface area (Å²) in [5.41, 5.74) is -0.125. The number of hydrogen-bond donors (Lipinski definition) is 2. The number of nitrogens with zero attached hydrogens (tertiary/aromatic N) is 2. The maximum Gasteiger partial charge on any atom is 0.325 e. The highest BCUT2D eigenvalue weighted by Gasteiger charge is 2.11. The zero-order chi connectivity index (χ0) is 15.2. The molecule has 2 aromatic rings. The first kappa shape index (κ1) is 15.4. The minimum absolute atomic E-state index is 0.125. The Kier molecular flexibility index (Phi) is 5.23. The highest BCUT2D eigenvalue weighted by Crippen LogP contribution is 2.20. The van der Waals surface area contributed by atoms with Crippen LogP contribution in [-0.4, -0.2) is 21.1 Å². The molecule has 2 rings (SSSR count). The zero-order valence-electron chi connectivity index (χ0n) is 10.6. The summed E-state index contributed by atoms with van der Waals surface area (Å²) in [6.45, 7) is 3.58. The second kappa shape index (κ2) is 7.14. The third kappa shape index (κ3) is 4.50. The smallest absolute Gasteiger partial charge is 0.305 e. The predicted octanol–water partition coefficient (Wildman–Crippen LogP) is 3.74. The lowest BCUT2D eigenvalue weighted by molar-refractivity contribution is 0.262. The number of carbonyl (C=O) groups is 1. The summed E-state index contributed by atoms with van der Waals surface area (Å²) >= 11 is 2.38. The Hall–Kier alpha value is -2.00. The number of hydrogen-bond acceptors (Lipinski definition) is 5. The molecular formula is C12H10F2N4OS2. The van der Waals surface area contributed by atoms with E-state index < -0.39 is 17.7 Å². The Morgan fingerprint density at radius 3 is 2.95 bits per heavy atom. The van der Waals surface area contributed by atoms with Crippen molar-refractivity contribution in [2.75, 3.05) is 16.4 Å². The summed E-state index contributed by atoms with van der Waals surface area (Å²) < 4.78 is 30.1. The molecule has 0 atom stereocenters. The molecule has 1 aromatic carbocycles. The maximum absolute atomic E-state index is 13.4. The maximum atomic E-state index is 13.4. The van der Waals surface area contributed by atoms with Crippen molar-refractivity contribution < 1.29 is 13.6 Å². The lowest BCUT2D eigenvalue weighted by atomic mass is 10.3. The molecule has 0 fully saturated rings. The molecule has 1 aromatic heterocycles. The van der Waals surface area contributed by atoms with Crippen LogP contribution in [-0.2, 0) is 0 Å². The molecule has 0 spiro atoms. The number of urea groups is 1. The van der Waals surface area contributed by atoms with E-state index in [-0.39, 0.29) is 10.8 Å². The number of amides is 2. The first-order valence-electron chi connectivity index (χ1n) is 5.69. The third-order valence-electron chi connectivity index (χ3n) is 2.14. The van der Waals surface area contributed by atoms with Gasteiger partial charge in [0.1, 0.15) is 11.6 Å². The van der Waals surface area contributed by atoms with Gasteiger partial charge < -0.3 is 5.32 Å². The van der Waals surface area contributed by atoms with Crippen LogP contribution < -0.4 is 10.6 Å². The second-order valence-electron chi connectivity index (χ2n) is 3.69. The number of aromatic nitrogens is 2. The van der Waals surface area contributed by atoms with Crippen LogP contribution in [0.25, 0.3) is 0 Å². The summed E-state index contributed by atoms with van der Waals surface area (Å²) in [7, 11) is 0. The standard InChI is InChI=1S/C12H10F2N4OS2/c1-2-5-20-12-17-11(21-18-12)16-10(19)15-9-4-3-7(13)6-8(9)14/h2-4,6H,1,5H2,(H2,15,16,17,18,19). The van der Waals surface area contributed by atoms with Gasteiger partial charge in [0.2, 0.25) is 10.3 Å². The molecule has 0 saturated carbocycles. The van der Waals surface area contributed by atoms with E-state index in [1.54, 1.807) is 6.08 Å². The summed E-state index contributed by atoms with van der Waals surface area (Å²) in [5, 5.41) is 5.48. The van der Waals surface area contributed by atoms with Crippen molar-refractivity contribution in [1.29, 1.82) is 0 Å². The number of rotatable bonds is 5. The largest absolute Gasteiger partial charge is 0.325 e. The van der Waals surface area contributed by atoms with Crippen LogP contribution in [0.4, 0.5) is 24.4 Å². The molecule has 0 saturated heterocycles. The van der Waals surface area contributed by atoms with Crippen molar-refractivity contribution in [3.8, 4) is 0 Å². The molecule has 0 unspecified atom stereocenters. The van der Waals surface area contributed by atoms with Gasteiger partial charge in [-0.2, -0.15) is 9.36 Å². The molecule has 5 nitrogen and oxygen atoms in total. The Labute approximate surface area is 127 Å². The van der Waals surface area contributed by atoms with E-state index in [1.165, 1.54) is 11.8 Å². The van der Waals surface area contributed by atoms with E-state index in [2.05, 4.69) is 26.6 Å². The van der Waals surface area contributed by atoms with Gasteiger partial charge in [0.25, 0.3) is 0 Å². The molecule has 1 heterocycles. The molecule has 2 N–H and O–H groups in total. The first-order chi connectivity index (χ1) is 10.1. The first-order valence-corrected chi connectivity index (χ1v) is 7.45. The van der Waals surface area contributed by atoms with Crippen LogP contribution in [0.2, 0.25) is 0 Å². The van der Waals surface area contributed by atoms with Crippen molar-refractivity contribution in [3.05, 3.63) is 42.5 Å². The minimum atomic E-state index is -0.857. The number of carbonyl (C=O) groups excluding carboxylic acids is 1. The van der Waals surface area contributed by atoms with Crippen LogP contribution in [0, 0.1) is 11.6 Å². The number of anilines is 2. The van der Waals surface area contributed by atoms with Gasteiger partial charge in [0.05, 0.1) is 5.69 Å². The van der Waals surface area contributed by atoms with Gasteiger partial charge in [-0.3, -0.25) is 5.32 Å². The van der Waals surface area contributed by atoms with Crippen LogP contribution in [0.3, 0.4) is 0 Å². The van der Waals surface area contributed by atoms with Crippen LogP contribution in [0.1, 0.15) is 0 Å². The normalized spacial score (nSPS) is 10.2. The van der Waals surface area contributed by atoms with Crippen LogP contribution in [0.15, 0.2) is 36.0 Å². The fourth-order valence-corrected chi connectivity index (χ4v) is 2.57. The summed E-state index contributed by atoms with van der Waals surface area (Å²) in [6, 6.07) is 2.19. The summed E-state index contributed by atoms with van der Waals surface area (Å²) in [4.78, 5) is 15.7. The van der Waals surface area contributed by atoms with E-state index in [0.717, 1.165) is 23.7 Å². The zero-order valence-corrected chi connectivity index (χ0v) is 12.2.